The molecular weight excluding hydrogens is 851 g/mol. The number of para-hydroxylation sites is 1. The Morgan fingerprint density at radius 1 is 0.969 bits per heavy atom. The van der Waals surface area contributed by atoms with Gasteiger partial charge in [-0.2, -0.15) is 11.8 Å². The second-order valence-corrected chi connectivity index (χ2v) is 16.7. The number of aromatic hydroxyl groups is 1. The summed E-state index contributed by atoms with van der Waals surface area (Å²) in [7, 11) is 1.47. The maximum atomic E-state index is 14.2. The average molecular weight is 906 g/mol. The number of phenols is 1. The molecule has 3 heterocycles. The first-order chi connectivity index (χ1) is 30.4. The zero-order valence-electron chi connectivity index (χ0n) is 36.0. The molecule has 344 valence electrons. The van der Waals surface area contributed by atoms with Crippen molar-refractivity contribution < 1.29 is 44.0 Å². The van der Waals surface area contributed by atoms with E-state index in [1.165, 1.54) is 35.8 Å². The lowest BCUT2D eigenvalue weighted by atomic mass is 10.0. The van der Waals surface area contributed by atoms with Crippen LogP contribution in [0.4, 0.5) is 4.79 Å². The highest BCUT2D eigenvalue weighted by molar-refractivity contribution is 7.98. The van der Waals surface area contributed by atoms with Crippen LogP contribution in [0.15, 0.2) is 88.5 Å². The Hall–Kier alpha value is -6.58. The molecular formula is C43H55N9O11S. The number of aliphatic carboxylic acids is 1. The summed E-state index contributed by atoms with van der Waals surface area (Å²) >= 11 is 1.38. The van der Waals surface area contributed by atoms with Gasteiger partial charge in [0.25, 0.3) is 5.56 Å². The van der Waals surface area contributed by atoms with Crippen LogP contribution in [0.3, 0.4) is 0 Å². The first kappa shape index (κ1) is 48.5. The van der Waals surface area contributed by atoms with Gasteiger partial charge in [-0.15, -0.1) is 0 Å². The molecule has 1 saturated heterocycles. The van der Waals surface area contributed by atoms with Gasteiger partial charge in [-0.1, -0.05) is 44.2 Å². The Morgan fingerprint density at radius 3 is 2.39 bits per heavy atom. The monoisotopic (exact) mass is 905 g/mol. The maximum absolute atomic E-state index is 14.2. The summed E-state index contributed by atoms with van der Waals surface area (Å²) in [6.45, 7) is 5.26. The summed E-state index contributed by atoms with van der Waals surface area (Å²) in [6.07, 6.45) is 3.32. The third-order valence-electron chi connectivity index (χ3n) is 10.7. The van der Waals surface area contributed by atoms with Gasteiger partial charge in [0.1, 0.15) is 35.7 Å². The van der Waals surface area contributed by atoms with Crippen molar-refractivity contribution in [3.8, 4) is 5.75 Å². The number of H-pyrrole nitrogens is 2. The first-order valence-corrected chi connectivity index (χ1v) is 21.9. The van der Waals surface area contributed by atoms with Gasteiger partial charge in [0.15, 0.2) is 0 Å². The van der Waals surface area contributed by atoms with Crippen molar-refractivity contribution in [3.05, 3.63) is 111 Å². The smallest absolute Gasteiger partial charge is 0.331 e. The molecule has 1 aliphatic rings. The molecule has 1 aliphatic heterocycles. The number of hydrogen-bond acceptors (Lipinski definition) is 12. The van der Waals surface area contributed by atoms with Crippen molar-refractivity contribution in [3.63, 3.8) is 0 Å². The van der Waals surface area contributed by atoms with Gasteiger partial charge in [-0.3, -0.25) is 28.7 Å². The molecule has 0 bridgehead atoms. The minimum atomic E-state index is -1.49. The third kappa shape index (κ3) is 12.8. The Kier molecular flexibility index (Phi) is 16.8. The first-order valence-electron chi connectivity index (χ1n) is 20.6. The largest absolute Gasteiger partial charge is 0.508 e. The molecule has 0 aliphatic carbocycles. The van der Waals surface area contributed by atoms with E-state index in [2.05, 4.69) is 36.6 Å². The molecule has 10 N–H and O–H groups in total. The summed E-state index contributed by atoms with van der Waals surface area (Å²) in [4.78, 5) is 98.9. The molecule has 5 rings (SSSR count). The number of thioether (sulfide) groups is 1. The molecule has 1 fully saturated rings. The predicted octanol–water partition coefficient (Wildman–Crippen LogP) is 1.02. The molecule has 5 amide bonds. The Morgan fingerprint density at radius 2 is 1.70 bits per heavy atom. The molecule has 2 aromatic carbocycles. The number of carbonyl (C=O) groups is 5. The van der Waals surface area contributed by atoms with Crippen LogP contribution in [-0.2, 0) is 36.8 Å². The minimum Gasteiger partial charge on any atom is -0.508 e. The predicted molar refractivity (Wildman–Crippen MR) is 238 cm³/mol. The van der Waals surface area contributed by atoms with Crippen LogP contribution in [0, 0.1) is 0 Å². The SMILES string of the molecule is CSCCC(NC(=O)NC(Cc1c[nH]c2ccccc12)C(=O)O)C(=O)NC(C(=O)N/C=C1\C[C@H](O)[C@@H](n2ccc(=O)[nH]c2=O)O1)C(C)N(C)C(=O)C(Cc1cccc(O)c1)NC(C)C. The van der Waals surface area contributed by atoms with Gasteiger partial charge >= 0.3 is 17.7 Å². The number of carbonyl (C=O) groups excluding carboxylic acids is 4. The number of carboxylic acid groups (broad SMARTS) is 1. The zero-order valence-corrected chi connectivity index (χ0v) is 36.8. The van der Waals surface area contributed by atoms with Gasteiger partial charge < -0.3 is 56.5 Å². The van der Waals surface area contributed by atoms with Crippen LogP contribution >= 0.6 is 11.8 Å². The van der Waals surface area contributed by atoms with E-state index in [1.54, 1.807) is 31.5 Å². The number of amides is 5. The number of nitrogens with zero attached hydrogens (tertiary/aromatic N) is 2. The summed E-state index contributed by atoms with van der Waals surface area (Å²) in [5.74, 6) is -2.93. The van der Waals surface area contributed by atoms with Crippen LogP contribution < -0.4 is 37.8 Å². The van der Waals surface area contributed by atoms with Crippen LogP contribution in [0.25, 0.3) is 10.9 Å². The highest BCUT2D eigenvalue weighted by atomic mass is 32.2. The fourth-order valence-electron chi connectivity index (χ4n) is 7.24. The molecule has 21 heteroatoms. The van der Waals surface area contributed by atoms with E-state index in [4.69, 9.17) is 4.74 Å². The van der Waals surface area contributed by atoms with E-state index >= 15 is 0 Å². The molecule has 5 unspecified atom stereocenters. The number of rotatable bonds is 20. The van der Waals surface area contributed by atoms with Crippen LogP contribution in [0.2, 0.25) is 0 Å². The number of phenolic OH excluding ortho intramolecular Hbond substituents is 1. The number of fused-ring (bicyclic) bond motifs is 1. The van der Waals surface area contributed by atoms with Crippen LogP contribution in [0.5, 0.6) is 5.75 Å². The summed E-state index contributed by atoms with van der Waals surface area (Å²) in [5, 5.41) is 45.2. The van der Waals surface area contributed by atoms with Crippen molar-refractivity contribution in [1.82, 2.24) is 46.0 Å². The van der Waals surface area contributed by atoms with Gasteiger partial charge in [-0.05, 0) is 61.1 Å². The number of aliphatic hydroxyl groups is 1. The van der Waals surface area contributed by atoms with E-state index in [1.807, 2.05) is 38.1 Å². The van der Waals surface area contributed by atoms with Crippen molar-refractivity contribution in [2.24, 2.45) is 0 Å². The number of hydrogen-bond donors (Lipinski definition) is 10. The number of urea groups is 1. The minimum absolute atomic E-state index is 0.0189. The average Bonchev–Trinajstić information content (AvgIpc) is 3.84. The van der Waals surface area contributed by atoms with Gasteiger partial charge in [0.05, 0.1) is 12.1 Å². The fourth-order valence-corrected chi connectivity index (χ4v) is 7.72. The number of likely N-dealkylation sites (N-methyl/N-ethyl adjacent to an activating group) is 1. The zero-order chi connectivity index (χ0) is 46.7. The lowest BCUT2D eigenvalue weighted by Crippen LogP contribution is -2.62. The molecule has 64 heavy (non-hydrogen) atoms. The quantitative estimate of drug-likeness (QED) is 0.0594. The van der Waals surface area contributed by atoms with Crippen molar-refractivity contribution in [2.75, 3.05) is 19.1 Å². The second-order valence-electron chi connectivity index (χ2n) is 15.7. The number of aromatic amines is 2. The van der Waals surface area contributed by atoms with Crippen molar-refractivity contribution in [2.45, 2.75) is 95.0 Å². The lowest BCUT2D eigenvalue weighted by molar-refractivity contribution is -0.139. The standard InChI is InChI=1S/C43H55N9O11S/c1-23(2)46-32(18-25-9-8-10-27(53)17-25)39(58)51(4)24(3)36(38(57)45-22-28-20-34(54)40(63-28)52-15-13-35(55)49-43(52)62)50-37(56)31(14-16-64-5)47-42(61)48-33(41(59)60)19-26-21-44-30-12-7-6-11-29(26)30/h6-13,15,17,21-24,31-34,36,40,44,46,53-54H,14,16,18-20H2,1-5H3,(H,45,57)(H,50,56)(H,59,60)(H2,47,48,61)(H,49,55,62)/b28-22+/t24?,31?,32?,33?,34-,36?,40-/m0/s1. The topological polar surface area (TPSA) is 289 Å². The molecule has 0 radical (unpaired) electrons. The van der Waals surface area contributed by atoms with E-state index < -0.39 is 83.5 Å². The van der Waals surface area contributed by atoms with E-state index in [9.17, 15) is 48.9 Å². The van der Waals surface area contributed by atoms with Crippen molar-refractivity contribution in [1.29, 1.82) is 0 Å². The third-order valence-corrected chi connectivity index (χ3v) is 11.3. The number of benzene rings is 2. The molecule has 0 spiro atoms. The number of carboxylic acids is 1. The summed E-state index contributed by atoms with van der Waals surface area (Å²) < 4.78 is 6.74. The molecule has 2 aromatic heterocycles. The van der Waals surface area contributed by atoms with Crippen LogP contribution in [-0.4, -0.2) is 126 Å². The van der Waals surface area contributed by atoms with E-state index in [0.29, 0.717) is 16.9 Å². The molecule has 7 atom stereocenters. The van der Waals surface area contributed by atoms with Crippen LogP contribution in [0.1, 0.15) is 51.0 Å². The highest BCUT2D eigenvalue weighted by Crippen LogP contribution is 2.30. The lowest BCUT2D eigenvalue weighted by Gasteiger charge is -2.35. The maximum Gasteiger partial charge on any atom is 0.331 e. The second kappa shape index (κ2) is 22.2. The van der Waals surface area contributed by atoms with E-state index in [-0.39, 0.29) is 43.2 Å². The van der Waals surface area contributed by atoms with Crippen molar-refractivity contribution >= 4 is 52.4 Å². The highest BCUT2D eigenvalue weighted by Gasteiger charge is 2.37. The Labute approximate surface area is 372 Å². The number of nitrogens with one attached hydrogen (secondary N) is 7. The number of aliphatic hydroxyl groups excluding tert-OH is 1. The summed E-state index contributed by atoms with van der Waals surface area (Å²) in [5.41, 5.74) is 0.634. The van der Waals surface area contributed by atoms with Gasteiger partial charge in [-0.25, -0.2) is 14.4 Å². The molecule has 0 saturated carbocycles. The van der Waals surface area contributed by atoms with Gasteiger partial charge in [0, 0.05) is 61.5 Å². The normalized spacial score (nSPS) is 17.8. The summed E-state index contributed by atoms with van der Waals surface area (Å²) in [6, 6.07) is 7.72. The Balaban J connectivity index is 1.38. The van der Waals surface area contributed by atoms with E-state index in [0.717, 1.165) is 33.9 Å². The fraction of sp³-hybridized carbons (Fsp3) is 0.419. The number of aromatic nitrogens is 3. The molecule has 20 nitrogen and oxygen atoms in total. The number of ether oxygens (including phenoxy) is 1. The Bertz CT molecular complexity index is 2450. The van der Waals surface area contributed by atoms with Gasteiger partial charge in [0.2, 0.25) is 23.9 Å². The molecule has 4 aromatic rings.